The van der Waals surface area contributed by atoms with Crippen molar-refractivity contribution in [1.29, 1.82) is 0 Å². The minimum Gasteiger partial charge on any atom is -0.493 e. The predicted octanol–water partition coefficient (Wildman–Crippen LogP) is 4.52. The van der Waals surface area contributed by atoms with Crippen LogP contribution >= 0.6 is 28.1 Å². The first-order valence-electron chi connectivity index (χ1n) is 7.74. The van der Waals surface area contributed by atoms with Crippen molar-refractivity contribution in [3.05, 3.63) is 52.3 Å². The van der Waals surface area contributed by atoms with Crippen molar-refractivity contribution in [2.24, 2.45) is 0 Å². The van der Waals surface area contributed by atoms with E-state index in [1.807, 2.05) is 18.2 Å². The van der Waals surface area contributed by atoms with Crippen molar-refractivity contribution in [3.8, 4) is 11.5 Å². The summed E-state index contributed by atoms with van der Waals surface area (Å²) in [5.74, 6) is 1.07. The highest BCUT2D eigenvalue weighted by Crippen LogP contribution is 2.27. The molecule has 0 bridgehead atoms. The maximum atomic E-state index is 13.8. The number of anilines is 1. The molecule has 0 aromatic heterocycles. The van der Waals surface area contributed by atoms with Crippen LogP contribution in [-0.4, -0.2) is 25.9 Å². The van der Waals surface area contributed by atoms with Crippen LogP contribution in [0, 0.1) is 5.82 Å². The van der Waals surface area contributed by atoms with Crippen molar-refractivity contribution in [2.75, 3.05) is 26.1 Å². The summed E-state index contributed by atoms with van der Waals surface area (Å²) in [5, 5.41) is 6.33. The molecule has 0 aliphatic heterocycles. The van der Waals surface area contributed by atoms with Gasteiger partial charge < -0.3 is 20.1 Å². The number of hydrogen-bond acceptors (Lipinski definition) is 3. The Labute approximate surface area is 160 Å². The zero-order valence-electron chi connectivity index (χ0n) is 14.1. The molecule has 0 atom stereocenters. The Kier molecular flexibility index (Phi) is 7.46. The molecule has 0 spiro atoms. The second-order valence-corrected chi connectivity index (χ2v) is 6.62. The average molecular weight is 427 g/mol. The molecule has 0 aliphatic carbocycles. The summed E-state index contributed by atoms with van der Waals surface area (Å²) in [4.78, 5) is 0. The molecule has 0 fully saturated rings. The third kappa shape index (κ3) is 5.86. The summed E-state index contributed by atoms with van der Waals surface area (Å²) in [5.41, 5.74) is 1.50. The largest absolute Gasteiger partial charge is 0.493 e. The highest BCUT2D eigenvalue weighted by molar-refractivity contribution is 9.10. The van der Waals surface area contributed by atoms with Gasteiger partial charge in [-0.1, -0.05) is 22.0 Å². The normalized spacial score (nSPS) is 10.2. The maximum Gasteiger partial charge on any atom is 0.170 e. The van der Waals surface area contributed by atoms with Crippen LogP contribution in [0.2, 0.25) is 0 Å². The lowest BCUT2D eigenvalue weighted by Gasteiger charge is -2.12. The van der Waals surface area contributed by atoms with Gasteiger partial charge in [0.2, 0.25) is 0 Å². The van der Waals surface area contributed by atoms with Crippen LogP contribution in [0.25, 0.3) is 0 Å². The van der Waals surface area contributed by atoms with E-state index in [4.69, 9.17) is 21.7 Å². The lowest BCUT2D eigenvalue weighted by molar-refractivity contribution is 0.354. The highest BCUT2D eigenvalue weighted by atomic mass is 79.9. The van der Waals surface area contributed by atoms with Crippen molar-refractivity contribution in [2.45, 2.75) is 12.8 Å². The van der Waals surface area contributed by atoms with E-state index in [1.54, 1.807) is 26.4 Å². The Morgan fingerprint density at radius 2 is 1.88 bits per heavy atom. The van der Waals surface area contributed by atoms with E-state index in [2.05, 4.69) is 26.6 Å². The fourth-order valence-electron chi connectivity index (χ4n) is 2.29. The van der Waals surface area contributed by atoms with E-state index in [0.717, 1.165) is 24.2 Å². The molecule has 4 nitrogen and oxygen atoms in total. The minimum absolute atomic E-state index is 0.348. The van der Waals surface area contributed by atoms with Crippen LogP contribution in [-0.2, 0) is 6.42 Å². The molecule has 134 valence electrons. The number of halogens is 2. The van der Waals surface area contributed by atoms with Crippen LogP contribution in [0.3, 0.4) is 0 Å². The van der Waals surface area contributed by atoms with Crippen LogP contribution in [0.1, 0.15) is 12.0 Å². The summed E-state index contributed by atoms with van der Waals surface area (Å²) in [6, 6.07) is 10.6. The highest BCUT2D eigenvalue weighted by Gasteiger charge is 2.06. The molecule has 0 unspecified atom stereocenters. The van der Waals surface area contributed by atoms with Gasteiger partial charge in [0.25, 0.3) is 0 Å². The van der Waals surface area contributed by atoms with Gasteiger partial charge in [0, 0.05) is 11.0 Å². The van der Waals surface area contributed by atoms with Crippen molar-refractivity contribution in [3.63, 3.8) is 0 Å². The Morgan fingerprint density at radius 1 is 1.12 bits per heavy atom. The van der Waals surface area contributed by atoms with E-state index in [9.17, 15) is 4.39 Å². The van der Waals surface area contributed by atoms with E-state index >= 15 is 0 Å². The monoisotopic (exact) mass is 426 g/mol. The molecule has 2 aromatic rings. The van der Waals surface area contributed by atoms with Crippen LogP contribution in [0.5, 0.6) is 11.5 Å². The summed E-state index contributed by atoms with van der Waals surface area (Å²) >= 11 is 8.42. The molecular weight excluding hydrogens is 407 g/mol. The molecule has 0 amide bonds. The van der Waals surface area contributed by atoms with Crippen molar-refractivity contribution in [1.82, 2.24) is 5.32 Å². The van der Waals surface area contributed by atoms with Gasteiger partial charge in [-0.05, 0) is 61.0 Å². The van der Waals surface area contributed by atoms with Crippen LogP contribution < -0.4 is 20.1 Å². The minimum atomic E-state index is -0.358. The summed E-state index contributed by atoms with van der Waals surface area (Å²) in [6.07, 6.45) is 1.74. The average Bonchev–Trinajstić information content (AvgIpc) is 2.61. The number of methoxy groups -OCH3 is 2. The van der Waals surface area contributed by atoms with Gasteiger partial charge >= 0.3 is 0 Å². The first-order valence-corrected chi connectivity index (χ1v) is 8.94. The lowest BCUT2D eigenvalue weighted by Crippen LogP contribution is -2.29. The van der Waals surface area contributed by atoms with Gasteiger partial charge in [-0.15, -0.1) is 0 Å². The van der Waals surface area contributed by atoms with Crippen LogP contribution in [0.4, 0.5) is 10.1 Å². The number of nitrogens with one attached hydrogen (secondary N) is 2. The van der Waals surface area contributed by atoms with E-state index in [-0.39, 0.29) is 5.82 Å². The molecule has 0 radical (unpaired) electrons. The number of hydrogen-bond donors (Lipinski definition) is 2. The second-order valence-electron chi connectivity index (χ2n) is 5.30. The third-order valence-corrected chi connectivity index (χ3v) is 4.29. The fourth-order valence-corrected chi connectivity index (χ4v) is 2.83. The zero-order valence-corrected chi connectivity index (χ0v) is 16.5. The predicted molar refractivity (Wildman–Crippen MR) is 106 cm³/mol. The second kappa shape index (κ2) is 9.58. The van der Waals surface area contributed by atoms with Crippen molar-refractivity contribution >= 4 is 38.9 Å². The summed E-state index contributed by atoms with van der Waals surface area (Å²) in [6.45, 7) is 0.679. The molecule has 2 rings (SSSR count). The van der Waals surface area contributed by atoms with Gasteiger partial charge in [-0.25, -0.2) is 4.39 Å². The van der Waals surface area contributed by atoms with Gasteiger partial charge in [0.15, 0.2) is 16.6 Å². The molecule has 7 heteroatoms. The van der Waals surface area contributed by atoms with E-state index in [0.29, 0.717) is 27.6 Å². The fraction of sp³-hybridized carbons (Fsp3) is 0.278. The number of aryl methyl sites for hydroxylation is 1. The maximum absolute atomic E-state index is 13.8. The van der Waals surface area contributed by atoms with Gasteiger partial charge in [-0.2, -0.15) is 0 Å². The molecule has 2 aromatic carbocycles. The van der Waals surface area contributed by atoms with E-state index in [1.165, 1.54) is 6.07 Å². The van der Waals surface area contributed by atoms with Gasteiger partial charge in [0.1, 0.15) is 5.82 Å². The number of rotatable bonds is 7. The quantitative estimate of drug-likeness (QED) is 0.502. The summed E-state index contributed by atoms with van der Waals surface area (Å²) in [7, 11) is 3.23. The molecule has 25 heavy (non-hydrogen) atoms. The van der Waals surface area contributed by atoms with Crippen molar-refractivity contribution < 1.29 is 13.9 Å². The Morgan fingerprint density at radius 3 is 2.56 bits per heavy atom. The first-order chi connectivity index (χ1) is 12.0. The first kappa shape index (κ1) is 19.5. The molecule has 0 aliphatic rings. The standard InChI is InChI=1S/C18H20BrFN2O2S/c1-23-16-8-5-12(10-17(16)24-2)4-3-9-21-18(25)22-15-7-6-13(19)11-14(15)20/h5-8,10-11H,3-4,9H2,1-2H3,(H2,21,22,25). The van der Waals surface area contributed by atoms with E-state index < -0.39 is 0 Å². The SMILES string of the molecule is COc1ccc(CCCNC(=S)Nc2ccc(Br)cc2F)cc1OC. The van der Waals surface area contributed by atoms with Gasteiger partial charge in [0.05, 0.1) is 19.9 Å². The van der Waals surface area contributed by atoms with Crippen LogP contribution in [0.15, 0.2) is 40.9 Å². The Hall–Kier alpha value is -1.86. The number of thiocarbonyl (C=S) groups is 1. The topological polar surface area (TPSA) is 42.5 Å². The smallest absolute Gasteiger partial charge is 0.170 e. The number of benzene rings is 2. The molecule has 0 heterocycles. The Bertz CT molecular complexity index is 743. The molecule has 0 saturated carbocycles. The molecule has 2 N–H and O–H groups in total. The summed E-state index contributed by atoms with van der Waals surface area (Å²) < 4.78 is 25.0. The zero-order chi connectivity index (χ0) is 18.2. The van der Waals surface area contributed by atoms with Gasteiger partial charge in [-0.3, -0.25) is 0 Å². The third-order valence-electron chi connectivity index (χ3n) is 3.56. The molecular formula is C18H20BrFN2O2S. The Balaban J connectivity index is 1.78. The number of ether oxygens (including phenoxy) is 2. The molecule has 0 saturated heterocycles. The lowest BCUT2D eigenvalue weighted by atomic mass is 10.1.